The van der Waals surface area contributed by atoms with Crippen LogP contribution in [0, 0.1) is 6.92 Å². The van der Waals surface area contributed by atoms with Crippen LogP contribution >= 0.6 is 12.6 Å². The molecule has 0 aliphatic rings. The Kier molecular flexibility index (Phi) is 12.5. The monoisotopic (exact) mass is 493 g/mol. The van der Waals surface area contributed by atoms with Crippen molar-refractivity contribution < 1.29 is 19.1 Å². The summed E-state index contributed by atoms with van der Waals surface area (Å²) >= 11 is 4.32. The summed E-state index contributed by atoms with van der Waals surface area (Å²) in [4.78, 5) is 41.2. The molecule has 0 aromatic heterocycles. The highest BCUT2D eigenvalue weighted by Crippen LogP contribution is 2.27. The maximum absolute atomic E-state index is 13.8. The molecule has 3 amide bonds. The van der Waals surface area contributed by atoms with Crippen molar-refractivity contribution in [2.24, 2.45) is 0 Å². The number of carbonyl (C=O) groups excluding carboxylic acids is 3. The van der Waals surface area contributed by atoms with Gasteiger partial charge in [0, 0.05) is 18.3 Å². The lowest BCUT2D eigenvalue weighted by atomic mass is 9.99. The van der Waals surface area contributed by atoms with Gasteiger partial charge in [-0.1, -0.05) is 56.5 Å². The Bertz CT molecular complexity index is 792. The Balaban J connectivity index is 3.32. The third kappa shape index (κ3) is 9.57. The van der Waals surface area contributed by atoms with E-state index in [1.807, 2.05) is 45.0 Å². The van der Waals surface area contributed by atoms with E-state index in [2.05, 4.69) is 30.2 Å². The number of carbonyl (C=O) groups is 3. The number of nitrogens with one attached hydrogen (secondary N) is 2. The number of ether oxygens (including phenoxy) is 1. The zero-order chi connectivity index (χ0) is 25.9. The van der Waals surface area contributed by atoms with Crippen LogP contribution in [-0.2, 0) is 14.3 Å². The van der Waals surface area contributed by atoms with Crippen LogP contribution in [0.3, 0.4) is 0 Å². The molecule has 0 aliphatic heterocycles. The van der Waals surface area contributed by atoms with Gasteiger partial charge in [-0.15, -0.1) is 0 Å². The second-order valence-electron chi connectivity index (χ2n) is 9.70. The van der Waals surface area contributed by atoms with Crippen molar-refractivity contribution in [3.63, 3.8) is 0 Å². The highest BCUT2D eigenvalue weighted by atomic mass is 32.1. The number of benzene rings is 1. The van der Waals surface area contributed by atoms with E-state index in [-0.39, 0.29) is 23.6 Å². The largest absolute Gasteiger partial charge is 0.444 e. The van der Waals surface area contributed by atoms with Crippen molar-refractivity contribution >= 4 is 30.5 Å². The zero-order valence-corrected chi connectivity index (χ0v) is 22.7. The van der Waals surface area contributed by atoms with Crippen LogP contribution < -0.4 is 10.6 Å². The summed E-state index contributed by atoms with van der Waals surface area (Å²) in [5.41, 5.74) is 1.09. The summed E-state index contributed by atoms with van der Waals surface area (Å²) in [6.07, 6.45) is 2.89. The van der Waals surface area contributed by atoms with Crippen molar-refractivity contribution in [1.29, 1.82) is 0 Å². The maximum Gasteiger partial charge on any atom is 0.408 e. The van der Waals surface area contributed by atoms with Crippen molar-refractivity contribution in [3.8, 4) is 0 Å². The summed E-state index contributed by atoms with van der Waals surface area (Å²) in [6, 6.07) is 5.61. The molecule has 3 unspecified atom stereocenters. The molecule has 0 radical (unpaired) electrons. The van der Waals surface area contributed by atoms with E-state index in [9.17, 15) is 14.4 Å². The number of alkyl carbamates (subject to hydrolysis) is 1. The van der Waals surface area contributed by atoms with Crippen LogP contribution in [0.15, 0.2) is 24.3 Å². The van der Waals surface area contributed by atoms with E-state index in [1.54, 1.807) is 25.7 Å². The molecule has 0 saturated carbocycles. The molecule has 3 atom stereocenters. The van der Waals surface area contributed by atoms with Gasteiger partial charge < -0.3 is 20.3 Å². The third-order valence-corrected chi connectivity index (χ3v) is 5.86. The molecule has 7 nitrogen and oxygen atoms in total. The molecule has 1 rings (SSSR count). The number of amides is 3. The molecule has 34 heavy (non-hydrogen) atoms. The number of thiol groups is 1. The number of aryl methyl sites for hydroxylation is 1. The maximum atomic E-state index is 13.8. The Hall–Kier alpha value is -2.22. The normalized spacial score (nSPS) is 14.0. The van der Waals surface area contributed by atoms with Crippen LogP contribution in [0.1, 0.15) is 84.4 Å². The Morgan fingerprint density at radius 2 is 1.71 bits per heavy atom. The van der Waals surface area contributed by atoms with Gasteiger partial charge in [0.1, 0.15) is 17.7 Å². The second-order valence-corrected chi connectivity index (χ2v) is 10.1. The van der Waals surface area contributed by atoms with Crippen molar-refractivity contribution in [2.45, 2.75) is 97.9 Å². The average Bonchev–Trinajstić information content (AvgIpc) is 2.77. The Morgan fingerprint density at radius 3 is 2.21 bits per heavy atom. The molecule has 0 saturated heterocycles. The molecule has 0 heterocycles. The highest BCUT2D eigenvalue weighted by Gasteiger charge is 2.38. The minimum Gasteiger partial charge on any atom is -0.444 e. The van der Waals surface area contributed by atoms with Gasteiger partial charge in [0.05, 0.1) is 0 Å². The molecule has 2 N–H and O–H groups in total. The summed E-state index contributed by atoms with van der Waals surface area (Å²) in [5.74, 6) is -0.530. The lowest BCUT2D eigenvalue weighted by Gasteiger charge is -2.38. The van der Waals surface area contributed by atoms with Crippen LogP contribution in [0.2, 0.25) is 0 Å². The quantitative estimate of drug-likeness (QED) is 0.288. The molecule has 0 fully saturated rings. The molecule has 0 spiro atoms. The molecular formula is C26H43N3O4S. The van der Waals surface area contributed by atoms with Gasteiger partial charge >= 0.3 is 6.09 Å². The van der Waals surface area contributed by atoms with Crippen LogP contribution in [-0.4, -0.2) is 52.8 Å². The first-order chi connectivity index (χ1) is 15.9. The fourth-order valence-electron chi connectivity index (χ4n) is 3.48. The molecular weight excluding hydrogens is 450 g/mol. The Labute approximate surface area is 210 Å². The first-order valence-corrected chi connectivity index (χ1v) is 12.8. The van der Waals surface area contributed by atoms with Gasteiger partial charge in [-0.3, -0.25) is 9.59 Å². The fourth-order valence-corrected chi connectivity index (χ4v) is 3.73. The van der Waals surface area contributed by atoms with E-state index in [0.29, 0.717) is 13.0 Å². The molecule has 1 aromatic rings. The van der Waals surface area contributed by atoms with E-state index >= 15 is 0 Å². The van der Waals surface area contributed by atoms with E-state index in [0.717, 1.165) is 30.4 Å². The molecule has 192 valence electrons. The molecule has 8 heteroatoms. The van der Waals surface area contributed by atoms with Gasteiger partial charge in [0.2, 0.25) is 11.8 Å². The lowest BCUT2D eigenvalue weighted by molar-refractivity contribution is -0.144. The fraction of sp³-hybridized carbons (Fsp3) is 0.654. The second kappa shape index (κ2) is 14.2. The van der Waals surface area contributed by atoms with Crippen molar-refractivity contribution in [2.75, 3.05) is 12.3 Å². The summed E-state index contributed by atoms with van der Waals surface area (Å²) in [6.45, 7) is 13.8. The van der Waals surface area contributed by atoms with E-state index in [1.165, 1.54) is 0 Å². The molecule has 1 aromatic carbocycles. The Morgan fingerprint density at radius 1 is 1.09 bits per heavy atom. The SMILES string of the molecule is CCCCCNC(=O)C(c1ccc(C)cc1)N(C(=O)C(CS)NC(=O)OC(C)(C)C)C(C)CC. The average molecular weight is 494 g/mol. The van der Waals surface area contributed by atoms with Gasteiger partial charge in [-0.2, -0.15) is 12.6 Å². The number of hydrogen-bond acceptors (Lipinski definition) is 5. The first kappa shape index (κ1) is 29.8. The number of nitrogens with zero attached hydrogens (tertiary/aromatic N) is 1. The van der Waals surface area contributed by atoms with Gasteiger partial charge in [0.25, 0.3) is 0 Å². The highest BCUT2D eigenvalue weighted by molar-refractivity contribution is 7.80. The standard InChI is InChI=1S/C26H43N3O4S/c1-8-10-11-16-27-23(30)22(20-14-12-18(3)13-15-20)29(19(4)9-2)24(31)21(17-34)28-25(32)33-26(5,6)7/h12-15,19,21-22,34H,8-11,16-17H2,1-7H3,(H,27,30)(H,28,32). The summed E-state index contributed by atoms with van der Waals surface area (Å²) in [5, 5.41) is 5.65. The van der Waals surface area contributed by atoms with Gasteiger partial charge in [0.15, 0.2) is 0 Å². The molecule has 0 aliphatic carbocycles. The van der Waals surface area contributed by atoms with Gasteiger partial charge in [-0.05, 0) is 53.0 Å². The summed E-state index contributed by atoms with van der Waals surface area (Å²) in [7, 11) is 0. The van der Waals surface area contributed by atoms with Crippen molar-refractivity contribution in [1.82, 2.24) is 15.5 Å². The number of rotatable bonds is 12. The van der Waals surface area contributed by atoms with Crippen molar-refractivity contribution in [3.05, 3.63) is 35.4 Å². The lowest BCUT2D eigenvalue weighted by Crippen LogP contribution is -2.56. The first-order valence-electron chi connectivity index (χ1n) is 12.2. The smallest absolute Gasteiger partial charge is 0.408 e. The third-order valence-electron chi connectivity index (χ3n) is 5.49. The minimum atomic E-state index is -0.937. The van der Waals surface area contributed by atoms with Crippen LogP contribution in [0.25, 0.3) is 0 Å². The van der Waals surface area contributed by atoms with Crippen LogP contribution in [0.5, 0.6) is 0 Å². The van der Waals surface area contributed by atoms with E-state index in [4.69, 9.17) is 4.74 Å². The predicted molar refractivity (Wildman–Crippen MR) is 140 cm³/mol. The minimum absolute atomic E-state index is 0.0732. The predicted octanol–water partition coefficient (Wildman–Crippen LogP) is 4.79. The molecule has 0 bridgehead atoms. The number of unbranched alkanes of at least 4 members (excludes halogenated alkanes) is 2. The van der Waals surface area contributed by atoms with Crippen LogP contribution in [0.4, 0.5) is 4.79 Å². The zero-order valence-electron chi connectivity index (χ0n) is 21.8. The van der Waals surface area contributed by atoms with E-state index < -0.39 is 23.8 Å². The summed E-state index contributed by atoms with van der Waals surface area (Å²) < 4.78 is 5.33. The number of hydrogen-bond donors (Lipinski definition) is 3. The topological polar surface area (TPSA) is 87.7 Å². The van der Waals surface area contributed by atoms with Gasteiger partial charge in [-0.25, -0.2) is 4.79 Å².